The van der Waals surface area contributed by atoms with E-state index in [-0.39, 0.29) is 18.9 Å². The molecule has 1 heterocycles. The van der Waals surface area contributed by atoms with Gasteiger partial charge in [0, 0.05) is 11.3 Å². The van der Waals surface area contributed by atoms with E-state index in [1.807, 2.05) is 31.2 Å². The number of carbonyl (C=O) groups excluding carboxylic acids is 1. The second-order valence-electron chi connectivity index (χ2n) is 7.14. The van der Waals surface area contributed by atoms with Crippen molar-refractivity contribution in [3.63, 3.8) is 0 Å². The average molecular weight is 423 g/mol. The number of nitrogens with one attached hydrogen (secondary N) is 1. The van der Waals surface area contributed by atoms with E-state index in [2.05, 4.69) is 34.6 Å². The normalized spacial score (nSPS) is 13.4. The Kier molecular flexibility index (Phi) is 5.81. The van der Waals surface area contributed by atoms with E-state index in [9.17, 15) is 14.7 Å². The monoisotopic (exact) mass is 422 g/mol. The lowest BCUT2D eigenvalue weighted by molar-refractivity contribution is -0.137. The number of nitrogens with zero attached hydrogens (tertiary/aromatic N) is 1. The summed E-state index contributed by atoms with van der Waals surface area (Å²) in [5.41, 5.74) is 5.11. The highest BCUT2D eigenvalue weighted by Crippen LogP contribution is 2.44. The Morgan fingerprint density at radius 3 is 2.33 bits per heavy atom. The highest BCUT2D eigenvalue weighted by atomic mass is 32.1. The predicted octanol–water partition coefficient (Wildman–Crippen LogP) is 4.76. The molecule has 0 unspecified atom stereocenters. The third-order valence-electron chi connectivity index (χ3n) is 5.24. The fourth-order valence-corrected chi connectivity index (χ4v) is 4.63. The molecule has 2 N–H and O–H groups in total. The average Bonchev–Trinajstić information content (AvgIpc) is 3.35. The summed E-state index contributed by atoms with van der Waals surface area (Å²) in [5, 5.41) is 14.6. The maximum atomic E-state index is 12.5. The molecule has 0 saturated carbocycles. The Bertz CT molecular complexity index is 1030. The predicted molar refractivity (Wildman–Crippen MR) is 115 cm³/mol. The van der Waals surface area contributed by atoms with Crippen LogP contribution in [0.25, 0.3) is 11.1 Å². The zero-order valence-corrected chi connectivity index (χ0v) is 17.3. The van der Waals surface area contributed by atoms with Crippen molar-refractivity contribution in [1.82, 2.24) is 10.3 Å². The van der Waals surface area contributed by atoms with Gasteiger partial charge >= 0.3 is 12.1 Å². The standard InChI is InChI=1S/C23H22N2O4S/c1-2-21-24-20(13-30-21)19(11-22(26)27)25-23(28)29-12-18-16-9-5-3-7-14(16)15-8-4-6-10-17(15)18/h3-10,13,18-19H,2,11-12H2,1H3,(H,25,28)(H,26,27)/t19-/m0/s1. The van der Waals surface area contributed by atoms with Gasteiger partial charge in [0.25, 0.3) is 0 Å². The molecule has 1 aliphatic rings. The molecule has 30 heavy (non-hydrogen) atoms. The number of rotatable bonds is 7. The van der Waals surface area contributed by atoms with Crippen molar-refractivity contribution in [2.45, 2.75) is 31.7 Å². The van der Waals surface area contributed by atoms with Gasteiger partial charge in [-0.2, -0.15) is 0 Å². The van der Waals surface area contributed by atoms with E-state index in [1.165, 1.54) is 11.3 Å². The third-order valence-corrected chi connectivity index (χ3v) is 6.25. The first kappa shape index (κ1) is 20.1. The maximum Gasteiger partial charge on any atom is 0.407 e. The smallest absolute Gasteiger partial charge is 0.407 e. The molecule has 2 aromatic carbocycles. The summed E-state index contributed by atoms with van der Waals surface area (Å²) in [5.74, 6) is -1.06. The molecule has 1 aliphatic carbocycles. The van der Waals surface area contributed by atoms with E-state index in [0.29, 0.717) is 5.69 Å². The van der Waals surface area contributed by atoms with Gasteiger partial charge in [0.05, 0.1) is 23.2 Å². The molecule has 7 heteroatoms. The summed E-state index contributed by atoms with van der Waals surface area (Å²) >= 11 is 1.45. The molecule has 0 fully saturated rings. The summed E-state index contributed by atoms with van der Waals surface area (Å²) < 4.78 is 5.54. The van der Waals surface area contributed by atoms with Gasteiger partial charge in [-0.05, 0) is 28.7 Å². The molecule has 0 bridgehead atoms. The van der Waals surface area contributed by atoms with Crippen LogP contribution in [0.3, 0.4) is 0 Å². The van der Waals surface area contributed by atoms with E-state index < -0.39 is 18.1 Å². The summed E-state index contributed by atoms with van der Waals surface area (Å²) in [7, 11) is 0. The molecular weight excluding hydrogens is 400 g/mol. The van der Waals surface area contributed by atoms with Crippen LogP contribution in [0.5, 0.6) is 0 Å². The molecule has 0 saturated heterocycles. The van der Waals surface area contributed by atoms with Gasteiger partial charge in [0.2, 0.25) is 0 Å². The lowest BCUT2D eigenvalue weighted by Gasteiger charge is -2.18. The summed E-state index contributed by atoms with van der Waals surface area (Å²) in [6.45, 7) is 2.16. The summed E-state index contributed by atoms with van der Waals surface area (Å²) in [6, 6.07) is 15.5. The first-order valence-electron chi connectivity index (χ1n) is 9.84. The number of carbonyl (C=O) groups is 2. The largest absolute Gasteiger partial charge is 0.481 e. The molecule has 1 amide bonds. The number of benzene rings is 2. The van der Waals surface area contributed by atoms with E-state index >= 15 is 0 Å². The van der Waals surface area contributed by atoms with Crippen LogP contribution in [0.4, 0.5) is 4.79 Å². The zero-order valence-electron chi connectivity index (χ0n) is 16.5. The Balaban J connectivity index is 1.47. The number of alkyl carbamates (subject to hydrolysis) is 1. The van der Waals surface area contributed by atoms with Gasteiger partial charge in [-0.1, -0.05) is 55.5 Å². The van der Waals surface area contributed by atoms with Crippen LogP contribution in [0.1, 0.15) is 47.1 Å². The van der Waals surface area contributed by atoms with Crippen LogP contribution in [0, 0.1) is 0 Å². The number of aliphatic carboxylic acids is 1. The van der Waals surface area contributed by atoms with E-state index in [4.69, 9.17) is 4.74 Å². The van der Waals surface area contributed by atoms with Crippen molar-refractivity contribution in [2.24, 2.45) is 0 Å². The summed E-state index contributed by atoms with van der Waals surface area (Å²) in [4.78, 5) is 28.2. The fourth-order valence-electron chi connectivity index (χ4n) is 3.83. The van der Waals surface area contributed by atoms with Gasteiger partial charge in [0.1, 0.15) is 6.61 Å². The Morgan fingerprint density at radius 1 is 1.13 bits per heavy atom. The second kappa shape index (κ2) is 8.67. The molecule has 0 radical (unpaired) electrons. The lowest BCUT2D eigenvalue weighted by Crippen LogP contribution is -2.32. The SMILES string of the molecule is CCc1nc([C@H](CC(=O)O)NC(=O)OCC2c3ccccc3-c3ccccc32)cs1. The van der Waals surface area contributed by atoms with Gasteiger partial charge in [-0.15, -0.1) is 11.3 Å². The topological polar surface area (TPSA) is 88.5 Å². The lowest BCUT2D eigenvalue weighted by atomic mass is 9.98. The first-order chi connectivity index (χ1) is 14.6. The van der Waals surface area contributed by atoms with Crippen LogP contribution in [-0.2, 0) is 16.0 Å². The number of amides is 1. The number of ether oxygens (including phenoxy) is 1. The third kappa shape index (κ3) is 4.07. The van der Waals surface area contributed by atoms with E-state index in [1.54, 1.807) is 5.38 Å². The fraction of sp³-hybridized carbons (Fsp3) is 0.261. The van der Waals surface area contributed by atoms with Crippen LogP contribution < -0.4 is 5.32 Å². The number of hydrogen-bond donors (Lipinski definition) is 2. The molecule has 0 spiro atoms. The highest BCUT2D eigenvalue weighted by Gasteiger charge is 2.29. The van der Waals surface area contributed by atoms with Crippen LogP contribution in [0.15, 0.2) is 53.9 Å². The van der Waals surface area contributed by atoms with Crippen molar-refractivity contribution >= 4 is 23.4 Å². The van der Waals surface area contributed by atoms with E-state index in [0.717, 1.165) is 33.7 Å². The van der Waals surface area contributed by atoms with Crippen LogP contribution in [-0.4, -0.2) is 28.8 Å². The number of aromatic nitrogens is 1. The number of fused-ring (bicyclic) bond motifs is 3. The first-order valence-corrected chi connectivity index (χ1v) is 10.7. The zero-order chi connectivity index (χ0) is 21.1. The van der Waals surface area contributed by atoms with Gasteiger partial charge in [-0.3, -0.25) is 4.79 Å². The van der Waals surface area contributed by atoms with Gasteiger partial charge < -0.3 is 15.2 Å². The molecule has 154 valence electrons. The maximum absolute atomic E-state index is 12.5. The van der Waals surface area contributed by atoms with Gasteiger partial charge in [0.15, 0.2) is 0 Å². The number of carboxylic acid groups (broad SMARTS) is 1. The van der Waals surface area contributed by atoms with Crippen molar-refractivity contribution in [3.05, 3.63) is 75.7 Å². The second-order valence-corrected chi connectivity index (χ2v) is 8.08. The molecule has 0 aliphatic heterocycles. The van der Waals surface area contributed by atoms with Crippen LogP contribution in [0.2, 0.25) is 0 Å². The van der Waals surface area contributed by atoms with Crippen LogP contribution >= 0.6 is 11.3 Å². The highest BCUT2D eigenvalue weighted by molar-refractivity contribution is 7.09. The summed E-state index contributed by atoms with van der Waals surface area (Å²) in [6.07, 6.45) is -0.138. The van der Waals surface area contributed by atoms with Crippen molar-refractivity contribution < 1.29 is 19.4 Å². The molecule has 3 aromatic rings. The Hall–Kier alpha value is -3.19. The minimum Gasteiger partial charge on any atom is -0.481 e. The molecular formula is C23H22N2O4S. The van der Waals surface area contributed by atoms with Crippen molar-refractivity contribution in [1.29, 1.82) is 0 Å². The number of thiazole rings is 1. The number of hydrogen-bond acceptors (Lipinski definition) is 5. The number of aryl methyl sites for hydroxylation is 1. The number of carboxylic acids is 1. The van der Waals surface area contributed by atoms with Gasteiger partial charge in [-0.25, -0.2) is 9.78 Å². The minimum absolute atomic E-state index is 0.0490. The molecule has 4 rings (SSSR count). The van der Waals surface area contributed by atoms with Crippen molar-refractivity contribution in [3.8, 4) is 11.1 Å². The molecule has 1 aromatic heterocycles. The Labute approximate surface area is 178 Å². The molecule has 1 atom stereocenters. The van der Waals surface area contributed by atoms with Crippen molar-refractivity contribution in [2.75, 3.05) is 6.61 Å². The minimum atomic E-state index is -1.01. The quantitative estimate of drug-likeness (QED) is 0.573. The molecule has 6 nitrogen and oxygen atoms in total. The Morgan fingerprint density at radius 2 is 1.77 bits per heavy atom.